The second-order valence-corrected chi connectivity index (χ2v) is 5.75. The van der Waals surface area contributed by atoms with Gasteiger partial charge >= 0.3 is 0 Å². The number of benzene rings is 1. The standard InChI is InChI=1S/C16H20N4O/c1-10-7-15(13-8-12(17)4-5-14(13)19-10)20-6-2-3-11(9-20)16(18)21/h4-5,7-8,11H,2-3,6,9,17H2,1H3,(H2,18,21). The number of aromatic nitrogens is 1. The average Bonchev–Trinajstić information content (AvgIpc) is 2.47. The number of aryl methyl sites for hydroxylation is 1. The quantitative estimate of drug-likeness (QED) is 0.824. The van der Waals surface area contributed by atoms with Crippen molar-refractivity contribution in [2.24, 2.45) is 11.7 Å². The molecule has 1 fully saturated rings. The minimum atomic E-state index is -0.214. The predicted molar refractivity (Wildman–Crippen MR) is 85.0 cm³/mol. The van der Waals surface area contributed by atoms with Crippen molar-refractivity contribution < 1.29 is 4.79 Å². The number of primary amides is 1. The smallest absolute Gasteiger partial charge is 0.222 e. The largest absolute Gasteiger partial charge is 0.399 e. The summed E-state index contributed by atoms with van der Waals surface area (Å²) in [5.41, 5.74) is 15.1. The van der Waals surface area contributed by atoms with E-state index in [4.69, 9.17) is 11.5 Å². The summed E-state index contributed by atoms with van der Waals surface area (Å²) < 4.78 is 0. The van der Waals surface area contributed by atoms with Crippen LogP contribution in [0, 0.1) is 12.8 Å². The van der Waals surface area contributed by atoms with E-state index in [1.165, 1.54) is 0 Å². The summed E-state index contributed by atoms with van der Waals surface area (Å²) in [4.78, 5) is 18.3. The third kappa shape index (κ3) is 2.63. The number of rotatable bonds is 2. The topological polar surface area (TPSA) is 85.2 Å². The zero-order valence-electron chi connectivity index (χ0n) is 12.2. The van der Waals surface area contributed by atoms with Crippen molar-refractivity contribution in [1.82, 2.24) is 4.98 Å². The number of nitrogen functional groups attached to an aromatic ring is 1. The van der Waals surface area contributed by atoms with Crippen LogP contribution in [0.3, 0.4) is 0 Å². The highest BCUT2D eigenvalue weighted by molar-refractivity contribution is 5.94. The molecule has 5 nitrogen and oxygen atoms in total. The lowest BCUT2D eigenvalue weighted by Gasteiger charge is -2.33. The molecule has 1 atom stereocenters. The van der Waals surface area contributed by atoms with Gasteiger partial charge in [-0.2, -0.15) is 0 Å². The minimum Gasteiger partial charge on any atom is -0.399 e. The van der Waals surface area contributed by atoms with Gasteiger partial charge < -0.3 is 16.4 Å². The van der Waals surface area contributed by atoms with Crippen LogP contribution in [0.5, 0.6) is 0 Å². The van der Waals surface area contributed by atoms with Crippen LogP contribution in [0.25, 0.3) is 10.9 Å². The fourth-order valence-electron chi connectivity index (χ4n) is 3.04. The van der Waals surface area contributed by atoms with Gasteiger partial charge in [0.15, 0.2) is 0 Å². The van der Waals surface area contributed by atoms with Gasteiger partial charge in [0.05, 0.1) is 11.4 Å². The molecule has 1 unspecified atom stereocenters. The Morgan fingerprint density at radius 3 is 2.95 bits per heavy atom. The molecule has 110 valence electrons. The molecular formula is C16H20N4O. The molecular weight excluding hydrogens is 264 g/mol. The zero-order valence-corrected chi connectivity index (χ0v) is 12.2. The van der Waals surface area contributed by atoms with E-state index in [1.54, 1.807) is 0 Å². The number of fused-ring (bicyclic) bond motifs is 1. The molecule has 1 aliphatic heterocycles. The maximum atomic E-state index is 11.5. The number of pyridine rings is 1. The molecule has 5 heteroatoms. The summed E-state index contributed by atoms with van der Waals surface area (Å²) in [5.74, 6) is -0.294. The van der Waals surface area contributed by atoms with Gasteiger partial charge in [0.25, 0.3) is 0 Å². The Kier molecular flexibility index (Phi) is 3.41. The Morgan fingerprint density at radius 2 is 2.19 bits per heavy atom. The SMILES string of the molecule is Cc1cc(N2CCCC(C(N)=O)C2)c2cc(N)ccc2n1. The van der Waals surface area contributed by atoms with Crippen molar-refractivity contribution in [2.75, 3.05) is 23.7 Å². The fraction of sp³-hybridized carbons (Fsp3) is 0.375. The Hall–Kier alpha value is -2.30. The van der Waals surface area contributed by atoms with E-state index in [1.807, 2.05) is 25.1 Å². The second kappa shape index (κ2) is 5.24. The summed E-state index contributed by atoms with van der Waals surface area (Å²) in [6.45, 7) is 3.58. The van der Waals surface area contributed by atoms with Crippen LogP contribution in [0.15, 0.2) is 24.3 Å². The van der Waals surface area contributed by atoms with Gasteiger partial charge in [0.2, 0.25) is 5.91 Å². The maximum absolute atomic E-state index is 11.5. The van der Waals surface area contributed by atoms with Crippen molar-refractivity contribution in [3.8, 4) is 0 Å². The summed E-state index contributed by atoms with van der Waals surface area (Å²) in [6, 6.07) is 7.81. The Morgan fingerprint density at radius 1 is 1.38 bits per heavy atom. The van der Waals surface area contributed by atoms with Gasteiger partial charge in [-0.25, -0.2) is 0 Å². The first-order valence-corrected chi connectivity index (χ1v) is 7.26. The molecule has 0 spiro atoms. The number of amides is 1. The molecule has 0 radical (unpaired) electrons. The highest BCUT2D eigenvalue weighted by atomic mass is 16.1. The molecule has 3 rings (SSSR count). The van der Waals surface area contributed by atoms with E-state index >= 15 is 0 Å². The third-order valence-corrected chi connectivity index (χ3v) is 4.10. The van der Waals surface area contributed by atoms with Gasteiger partial charge in [0.1, 0.15) is 0 Å². The van der Waals surface area contributed by atoms with E-state index in [0.29, 0.717) is 6.54 Å². The van der Waals surface area contributed by atoms with Crippen LogP contribution in [0.4, 0.5) is 11.4 Å². The van der Waals surface area contributed by atoms with E-state index in [0.717, 1.165) is 47.4 Å². The van der Waals surface area contributed by atoms with Crippen LogP contribution >= 0.6 is 0 Å². The molecule has 0 bridgehead atoms. The minimum absolute atomic E-state index is 0.0802. The molecule has 0 saturated carbocycles. The van der Waals surface area contributed by atoms with E-state index in [9.17, 15) is 4.79 Å². The van der Waals surface area contributed by atoms with E-state index in [-0.39, 0.29) is 11.8 Å². The monoisotopic (exact) mass is 284 g/mol. The number of carbonyl (C=O) groups is 1. The summed E-state index contributed by atoms with van der Waals surface area (Å²) in [7, 11) is 0. The third-order valence-electron chi connectivity index (χ3n) is 4.10. The Balaban J connectivity index is 2.06. The number of piperidine rings is 1. The number of carbonyl (C=O) groups excluding carboxylic acids is 1. The first kappa shape index (κ1) is 13.7. The normalized spacial score (nSPS) is 18.9. The molecule has 1 aromatic heterocycles. The predicted octanol–water partition coefficient (Wildman–Crippen LogP) is 1.83. The summed E-state index contributed by atoms with van der Waals surface area (Å²) in [5, 5.41) is 1.03. The van der Waals surface area contributed by atoms with Crippen molar-refractivity contribution >= 4 is 28.2 Å². The van der Waals surface area contributed by atoms with Crippen LogP contribution in [-0.2, 0) is 4.79 Å². The molecule has 2 heterocycles. The molecule has 1 saturated heterocycles. The van der Waals surface area contributed by atoms with Crippen LogP contribution in [0.1, 0.15) is 18.5 Å². The molecule has 21 heavy (non-hydrogen) atoms. The summed E-state index contributed by atoms with van der Waals surface area (Å²) in [6.07, 6.45) is 1.84. The molecule has 1 aliphatic rings. The van der Waals surface area contributed by atoms with Gasteiger partial charge in [-0.1, -0.05) is 0 Å². The van der Waals surface area contributed by atoms with E-state index < -0.39 is 0 Å². The molecule has 4 N–H and O–H groups in total. The zero-order chi connectivity index (χ0) is 15.0. The first-order chi connectivity index (χ1) is 10.0. The highest BCUT2D eigenvalue weighted by Crippen LogP contribution is 2.31. The number of anilines is 2. The van der Waals surface area contributed by atoms with Gasteiger partial charge in [-0.3, -0.25) is 9.78 Å². The lowest BCUT2D eigenvalue weighted by Crippen LogP contribution is -2.41. The lowest BCUT2D eigenvalue weighted by atomic mass is 9.96. The Bertz CT molecular complexity index is 698. The van der Waals surface area contributed by atoms with Crippen LogP contribution in [0.2, 0.25) is 0 Å². The van der Waals surface area contributed by atoms with Crippen molar-refractivity contribution in [3.05, 3.63) is 30.0 Å². The van der Waals surface area contributed by atoms with Gasteiger partial charge in [-0.15, -0.1) is 0 Å². The van der Waals surface area contributed by atoms with Crippen molar-refractivity contribution in [2.45, 2.75) is 19.8 Å². The van der Waals surface area contributed by atoms with Crippen molar-refractivity contribution in [1.29, 1.82) is 0 Å². The van der Waals surface area contributed by atoms with Gasteiger partial charge in [-0.05, 0) is 44.0 Å². The molecule has 1 aromatic carbocycles. The number of hydrogen-bond acceptors (Lipinski definition) is 4. The number of hydrogen-bond donors (Lipinski definition) is 2. The molecule has 0 aliphatic carbocycles. The highest BCUT2D eigenvalue weighted by Gasteiger charge is 2.25. The van der Waals surface area contributed by atoms with E-state index in [2.05, 4.69) is 16.0 Å². The maximum Gasteiger partial charge on any atom is 0.222 e. The van der Waals surface area contributed by atoms with Crippen molar-refractivity contribution in [3.63, 3.8) is 0 Å². The molecule has 1 amide bonds. The number of nitrogens with zero attached hydrogens (tertiary/aromatic N) is 2. The average molecular weight is 284 g/mol. The Labute approximate surface area is 123 Å². The fourth-order valence-corrected chi connectivity index (χ4v) is 3.04. The first-order valence-electron chi connectivity index (χ1n) is 7.26. The summed E-state index contributed by atoms with van der Waals surface area (Å²) >= 11 is 0. The lowest BCUT2D eigenvalue weighted by molar-refractivity contribution is -0.122. The van der Waals surface area contributed by atoms with Gasteiger partial charge in [0, 0.05) is 35.5 Å². The molecule has 2 aromatic rings. The van der Waals surface area contributed by atoms with Crippen LogP contribution in [-0.4, -0.2) is 24.0 Å². The van der Waals surface area contributed by atoms with Crippen LogP contribution < -0.4 is 16.4 Å². The second-order valence-electron chi connectivity index (χ2n) is 5.75. The number of nitrogens with two attached hydrogens (primary N) is 2.